The van der Waals surface area contributed by atoms with E-state index in [9.17, 15) is 4.39 Å². The first-order valence-corrected chi connectivity index (χ1v) is 3.39. The lowest BCUT2D eigenvalue weighted by atomic mass is 10.3. The summed E-state index contributed by atoms with van der Waals surface area (Å²) in [6.07, 6.45) is 5.32. The number of aromatic nitrogens is 3. The molecule has 0 spiro atoms. The number of nitrogens with zero attached hydrogens (tertiary/aromatic N) is 2. The van der Waals surface area contributed by atoms with Crippen molar-refractivity contribution in [2.75, 3.05) is 0 Å². The number of imidazole rings is 1. The highest BCUT2D eigenvalue weighted by Gasteiger charge is 2.00. The topological polar surface area (TPSA) is 41.6 Å². The van der Waals surface area contributed by atoms with Crippen molar-refractivity contribution in [1.82, 2.24) is 15.0 Å². The SMILES string of the molecule is Fc1ccc(-c2n[c]c[nH]2)nc1. The van der Waals surface area contributed by atoms with Crippen LogP contribution in [0, 0.1) is 12.0 Å². The van der Waals surface area contributed by atoms with Crippen LogP contribution in [0.25, 0.3) is 11.5 Å². The summed E-state index contributed by atoms with van der Waals surface area (Å²) in [4.78, 5) is 10.5. The summed E-state index contributed by atoms with van der Waals surface area (Å²) in [7, 11) is 0. The van der Waals surface area contributed by atoms with Crippen LogP contribution in [0.2, 0.25) is 0 Å². The first-order chi connectivity index (χ1) is 5.86. The number of aromatic amines is 1. The molecule has 0 fully saturated rings. The second-order valence-electron chi connectivity index (χ2n) is 2.24. The number of nitrogens with one attached hydrogen (secondary N) is 1. The molecule has 0 aliphatic heterocycles. The summed E-state index contributed by atoms with van der Waals surface area (Å²) in [5.41, 5.74) is 0.609. The Hall–Kier alpha value is -1.71. The molecule has 0 atom stereocenters. The maximum absolute atomic E-state index is 12.4. The van der Waals surface area contributed by atoms with E-state index in [4.69, 9.17) is 0 Å². The maximum atomic E-state index is 12.4. The summed E-state index contributed by atoms with van der Waals surface area (Å²) >= 11 is 0. The fourth-order valence-electron chi connectivity index (χ4n) is 0.877. The van der Waals surface area contributed by atoms with E-state index in [1.807, 2.05) is 0 Å². The van der Waals surface area contributed by atoms with Gasteiger partial charge >= 0.3 is 0 Å². The fourth-order valence-corrected chi connectivity index (χ4v) is 0.877. The molecule has 2 aromatic heterocycles. The third-order valence-electron chi connectivity index (χ3n) is 1.42. The Balaban J connectivity index is 2.43. The van der Waals surface area contributed by atoms with Crippen LogP contribution in [0.5, 0.6) is 0 Å². The van der Waals surface area contributed by atoms with Gasteiger partial charge in [0, 0.05) is 6.20 Å². The van der Waals surface area contributed by atoms with Crippen molar-refractivity contribution in [3.63, 3.8) is 0 Å². The van der Waals surface area contributed by atoms with Crippen LogP contribution in [0.4, 0.5) is 4.39 Å². The molecule has 12 heavy (non-hydrogen) atoms. The summed E-state index contributed by atoms with van der Waals surface area (Å²) < 4.78 is 12.4. The highest BCUT2D eigenvalue weighted by Crippen LogP contribution is 2.09. The highest BCUT2D eigenvalue weighted by molar-refractivity contribution is 5.47. The monoisotopic (exact) mass is 162 g/mol. The molecule has 2 aromatic rings. The zero-order valence-electron chi connectivity index (χ0n) is 6.08. The molecule has 0 saturated heterocycles. The third kappa shape index (κ3) is 1.18. The predicted molar refractivity (Wildman–Crippen MR) is 40.6 cm³/mol. The van der Waals surface area contributed by atoms with Gasteiger partial charge in [-0.1, -0.05) is 0 Å². The molecular formula is C8H5FN3. The molecule has 3 nitrogen and oxygen atoms in total. The van der Waals surface area contributed by atoms with Crippen LogP contribution in [0.15, 0.2) is 24.5 Å². The van der Waals surface area contributed by atoms with Crippen molar-refractivity contribution in [3.05, 3.63) is 36.5 Å². The molecule has 0 bridgehead atoms. The molecule has 0 aromatic carbocycles. The smallest absolute Gasteiger partial charge is 0.156 e. The van der Waals surface area contributed by atoms with Crippen molar-refractivity contribution >= 4 is 0 Å². The molecule has 2 rings (SSSR count). The predicted octanol–water partition coefficient (Wildman–Crippen LogP) is 1.41. The standard InChI is InChI=1S/C8H5FN3/c9-6-1-2-7(12-5-6)8-10-3-4-11-8/h1-3,5H,(H,10,11). The molecule has 59 valence electrons. The summed E-state index contributed by atoms with van der Waals surface area (Å²) in [6.45, 7) is 0. The Morgan fingerprint density at radius 3 is 2.92 bits per heavy atom. The zero-order chi connectivity index (χ0) is 8.39. The minimum atomic E-state index is -0.353. The first kappa shape index (κ1) is 6.97. The Bertz CT molecular complexity index is 352. The molecule has 1 radical (unpaired) electrons. The largest absolute Gasteiger partial charge is 0.343 e. The molecule has 0 aliphatic carbocycles. The van der Waals surface area contributed by atoms with E-state index >= 15 is 0 Å². The first-order valence-electron chi connectivity index (χ1n) is 3.39. The van der Waals surface area contributed by atoms with Gasteiger partial charge in [0.05, 0.1) is 6.20 Å². The minimum absolute atomic E-state index is 0.353. The van der Waals surface area contributed by atoms with Crippen molar-refractivity contribution < 1.29 is 4.39 Å². The molecule has 0 amide bonds. The van der Waals surface area contributed by atoms with E-state index < -0.39 is 0 Å². The number of rotatable bonds is 1. The molecule has 0 aliphatic rings. The summed E-state index contributed by atoms with van der Waals surface area (Å²) in [5.74, 6) is 0.240. The average Bonchev–Trinajstić information content (AvgIpc) is 2.58. The van der Waals surface area contributed by atoms with Gasteiger partial charge in [-0.3, -0.25) is 0 Å². The average molecular weight is 162 g/mol. The lowest BCUT2D eigenvalue weighted by Gasteiger charge is -1.93. The number of hydrogen-bond donors (Lipinski definition) is 1. The molecule has 1 N–H and O–H groups in total. The van der Waals surface area contributed by atoms with E-state index in [1.165, 1.54) is 6.07 Å². The highest BCUT2D eigenvalue weighted by atomic mass is 19.1. The van der Waals surface area contributed by atoms with Gasteiger partial charge in [0.25, 0.3) is 0 Å². The van der Waals surface area contributed by atoms with E-state index in [0.29, 0.717) is 11.5 Å². The maximum Gasteiger partial charge on any atom is 0.156 e. The third-order valence-corrected chi connectivity index (χ3v) is 1.42. The van der Waals surface area contributed by atoms with E-state index in [1.54, 1.807) is 12.3 Å². The molecule has 0 unspecified atom stereocenters. The summed E-state index contributed by atoms with van der Waals surface area (Å²) in [5, 5.41) is 0. The van der Waals surface area contributed by atoms with E-state index in [-0.39, 0.29) is 5.82 Å². The van der Waals surface area contributed by atoms with Crippen LogP contribution in [-0.4, -0.2) is 15.0 Å². The quantitative estimate of drug-likeness (QED) is 0.688. The van der Waals surface area contributed by atoms with Crippen LogP contribution in [0.3, 0.4) is 0 Å². The fraction of sp³-hybridized carbons (Fsp3) is 0. The Morgan fingerprint density at radius 2 is 2.33 bits per heavy atom. The van der Waals surface area contributed by atoms with Crippen LogP contribution >= 0.6 is 0 Å². The van der Waals surface area contributed by atoms with Crippen molar-refractivity contribution in [2.24, 2.45) is 0 Å². The number of halogens is 1. The van der Waals surface area contributed by atoms with Crippen LogP contribution < -0.4 is 0 Å². The number of H-pyrrole nitrogens is 1. The lowest BCUT2D eigenvalue weighted by Crippen LogP contribution is -1.85. The minimum Gasteiger partial charge on any atom is -0.343 e. The Morgan fingerprint density at radius 1 is 1.42 bits per heavy atom. The molecule has 2 heterocycles. The van der Waals surface area contributed by atoms with Gasteiger partial charge < -0.3 is 4.98 Å². The van der Waals surface area contributed by atoms with Crippen molar-refractivity contribution in [2.45, 2.75) is 0 Å². The molecule has 0 saturated carbocycles. The normalized spacial score (nSPS) is 10.1. The summed E-state index contributed by atoms with van der Waals surface area (Å²) in [6, 6.07) is 2.90. The Labute approximate surface area is 68.3 Å². The van der Waals surface area contributed by atoms with Gasteiger partial charge in [0.2, 0.25) is 0 Å². The molecular weight excluding hydrogens is 157 g/mol. The van der Waals surface area contributed by atoms with Gasteiger partial charge in [-0.25, -0.2) is 14.4 Å². The van der Waals surface area contributed by atoms with Gasteiger partial charge in [-0.05, 0) is 12.1 Å². The number of pyridine rings is 1. The van der Waals surface area contributed by atoms with Crippen LogP contribution in [0.1, 0.15) is 0 Å². The second kappa shape index (κ2) is 2.73. The van der Waals surface area contributed by atoms with Gasteiger partial charge in [0.15, 0.2) is 5.82 Å². The number of hydrogen-bond acceptors (Lipinski definition) is 2. The lowest BCUT2D eigenvalue weighted by molar-refractivity contribution is 0.621. The van der Waals surface area contributed by atoms with Crippen molar-refractivity contribution in [3.8, 4) is 11.5 Å². The van der Waals surface area contributed by atoms with Gasteiger partial charge in [-0.2, -0.15) is 0 Å². The van der Waals surface area contributed by atoms with E-state index in [0.717, 1.165) is 6.20 Å². The van der Waals surface area contributed by atoms with Crippen molar-refractivity contribution in [1.29, 1.82) is 0 Å². The van der Waals surface area contributed by atoms with Gasteiger partial charge in [0.1, 0.15) is 17.7 Å². The van der Waals surface area contributed by atoms with E-state index in [2.05, 4.69) is 21.1 Å². The Kier molecular flexibility index (Phi) is 1.59. The van der Waals surface area contributed by atoms with Gasteiger partial charge in [-0.15, -0.1) is 0 Å². The molecule has 4 heteroatoms. The second-order valence-corrected chi connectivity index (χ2v) is 2.24. The zero-order valence-corrected chi connectivity index (χ0v) is 6.08. The van der Waals surface area contributed by atoms with Crippen LogP contribution in [-0.2, 0) is 0 Å².